The van der Waals surface area contributed by atoms with E-state index < -0.39 is 23.3 Å². The smallest absolute Gasteiger partial charge is 0.322 e. The van der Waals surface area contributed by atoms with E-state index in [1.807, 2.05) is 0 Å². The van der Waals surface area contributed by atoms with Gasteiger partial charge in [0.05, 0.1) is 6.54 Å². The van der Waals surface area contributed by atoms with Gasteiger partial charge in [-0.3, -0.25) is 10.1 Å². The summed E-state index contributed by atoms with van der Waals surface area (Å²) >= 11 is 0. The second-order valence-corrected chi connectivity index (χ2v) is 7.33. The van der Waals surface area contributed by atoms with Crippen molar-refractivity contribution < 1.29 is 19.1 Å². The molecule has 1 aliphatic rings. The average molecular weight is 417 g/mol. The molecule has 154 valence electrons. The summed E-state index contributed by atoms with van der Waals surface area (Å²) < 4.78 is 15.0. The van der Waals surface area contributed by atoms with Crippen LogP contribution in [-0.2, 0) is 16.9 Å². The van der Waals surface area contributed by atoms with E-state index in [4.69, 9.17) is 0 Å². The number of carbonyl (C=O) groups is 2. The Bertz CT molecular complexity index is 1320. The van der Waals surface area contributed by atoms with Gasteiger partial charge in [-0.25, -0.2) is 19.2 Å². The zero-order valence-electron chi connectivity index (χ0n) is 16.0. The zero-order chi connectivity index (χ0) is 21.6. The molecule has 2 aromatic carbocycles. The predicted octanol–water partition coefficient (Wildman–Crippen LogP) is 2.68. The highest BCUT2D eigenvalue weighted by molar-refractivity contribution is 6.07. The van der Waals surface area contributed by atoms with Crippen molar-refractivity contribution >= 4 is 22.7 Å². The van der Waals surface area contributed by atoms with Gasteiger partial charge in [0.2, 0.25) is 0 Å². The van der Waals surface area contributed by atoms with Crippen molar-refractivity contribution in [2.45, 2.75) is 12.1 Å². The van der Waals surface area contributed by atoms with Crippen LogP contribution in [0.5, 0.6) is 5.88 Å². The third-order valence-electron chi connectivity index (χ3n) is 5.44. The molecule has 9 heteroatoms. The molecule has 0 spiro atoms. The second-order valence-electron chi connectivity index (χ2n) is 7.33. The van der Waals surface area contributed by atoms with E-state index >= 15 is 0 Å². The number of halogens is 1. The van der Waals surface area contributed by atoms with Crippen molar-refractivity contribution in [3.63, 3.8) is 0 Å². The largest absolute Gasteiger partial charge is 0.494 e. The number of carbonyl (C=O) groups excluding carboxylic acids is 2. The summed E-state index contributed by atoms with van der Waals surface area (Å²) in [5.74, 6) is -1.22. The van der Waals surface area contributed by atoms with Gasteiger partial charge in [0.1, 0.15) is 12.1 Å². The number of rotatable bonds is 4. The normalized spacial score (nSPS) is 18.2. The summed E-state index contributed by atoms with van der Waals surface area (Å²) in [6.45, 7) is -0.0828. The molecule has 1 aliphatic heterocycles. The van der Waals surface area contributed by atoms with Crippen LogP contribution in [-0.4, -0.2) is 31.6 Å². The highest BCUT2D eigenvalue weighted by Gasteiger charge is 2.48. The van der Waals surface area contributed by atoms with Crippen LogP contribution < -0.4 is 10.6 Å². The lowest BCUT2D eigenvalue weighted by atomic mass is 9.88. The Labute approximate surface area is 175 Å². The van der Waals surface area contributed by atoms with Gasteiger partial charge in [0.15, 0.2) is 11.4 Å². The molecule has 8 nitrogen and oxygen atoms in total. The molecule has 0 aliphatic carbocycles. The second kappa shape index (κ2) is 6.91. The Morgan fingerprint density at radius 3 is 2.45 bits per heavy atom. The van der Waals surface area contributed by atoms with Crippen LogP contribution in [0, 0.1) is 5.82 Å². The van der Waals surface area contributed by atoms with Crippen molar-refractivity contribution in [3.05, 3.63) is 78.8 Å². The highest BCUT2D eigenvalue weighted by Crippen LogP contribution is 2.34. The van der Waals surface area contributed by atoms with Gasteiger partial charge in [0, 0.05) is 34.9 Å². The number of nitrogens with one attached hydrogen (secondary N) is 2. The Morgan fingerprint density at radius 1 is 1.03 bits per heavy atom. The van der Waals surface area contributed by atoms with Crippen molar-refractivity contribution in [3.8, 4) is 17.0 Å². The van der Waals surface area contributed by atoms with E-state index in [0.717, 1.165) is 11.1 Å². The molecule has 0 radical (unpaired) electrons. The van der Waals surface area contributed by atoms with Gasteiger partial charge < -0.3 is 15.0 Å². The van der Waals surface area contributed by atoms with Gasteiger partial charge in [-0.05, 0) is 29.3 Å². The number of urea groups is 1. The molecular weight excluding hydrogens is 401 g/mol. The van der Waals surface area contributed by atoms with Gasteiger partial charge >= 0.3 is 6.03 Å². The van der Waals surface area contributed by atoms with E-state index in [1.165, 1.54) is 29.1 Å². The van der Waals surface area contributed by atoms with E-state index in [2.05, 4.69) is 20.6 Å². The number of nitrogens with zero attached hydrogens (tertiary/aromatic N) is 3. The standard InChI is InChI=1S/C22H16FN5O3/c23-17-6-3-14-10-28(19(29)18(14)7-17)11-22(20(30)26-21(31)27-22)16-4-1-13(2-5-16)15-8-24-12-25-9-15/h1-10,12,29H,11H2,(H2,26,27,30,31)/t22-/m0/s1. The lowest BCUT2D eigenvalue weighted by Gasteiger charge is -2.27. The fraction of sp³-hybridized carbons (Fsp3) is 0.0909. The maximum Gasteiger partial charge on any atom is 0.322 e. The molecule has 5 rings (SSSR count). The molecule has 3 N–H and O–H groups in total. The molecule has 0 saturated carbocycles. The summed E-state index contributed by atoms with van der Waals surface area (Å²) in [6.07, 6.45) is 6.39. The third-order valence-corrected chi connectivity index (χ3v) is 5.44. The molecule has 4 aromatic rings. The number of imide groups is 1. The van der Waals surface area contributed by atoms with Crippen LogP contribution in [0.1, 0.15) is 5.56 Å². The van der Waals surface area contributed by atoms with Gasteiger partial charge in [-0.15, -0.1) is 0 Å². The first kappa shape index (κ1) is 18.7. The van der Waals surface area contributed by atoms with Crippen molar-refractivity contribution in [2.24, 2.45) is 0 Å². The molecule has 3 amide bonds. The topological polar surface area (TPSA) is 109 Å². The minimum atomic E-state index is -1.45. The first-order valence-corrected chi connectivity index (χ1v) is 9.43. The Morgan fingerprint density at radius 2 is 1.77 bits per heavy atom. The van der Waals surface area contributed by atoms with E-state index in [0.29, 0.717) is 16.3 Å². The summed E-state index contributed by atoms with van der Waals surface area (Å²) in [5, 5.41) is 16.5. The molecule has 2 aromatic heterocycles. The van der Waals surface area contributed by atoms with Crippen LogP contribution in [0.3, 0.4) is 0 Å². The first-order chi connectivity index (χ1) is 15.0. The maximum absolute atomic E-state index is 13.6. The summed E-state index contributed by atoms with van der Waals surface area (Å²) in [6, 6.07) is 10.5. The number of fused-ring (bicyclic) bond motifs is 1. The minimum Gasteiger partial charge on any atom is -0.494 e. The first-order valence-electron chi connectivity index (χ1n) is 9.43. The zero-order valence-corrected chi connectivity index (χ0v) is 16.0. The lowest BCUT2D eigenvalue weighted by molar-refractivity contribution is -0.124. The van der Waals surface area contributed by atoms with Crippen LogP contribution in [0.15, 0.2) is 67.4 Å². The highest BCUT2D eigenvalue weighted by atomic mass is 19.1. The third kappa shape index (κ3) is 3.07. The number of benzene rings is 2. The van der Waals surface area contributed by atoms with E-state index in [1.54, 1.807) is 42.9 Å². The summed E-state index contributed by atoms with van der Waals surface area (Å²) in [7, 11) is 0. The molecule has 31 heavy (non-hydrogen) atoms. The molecule has 0 unspecified atom stereocenters. The molecule has 3 heterocycles. The number of amides is 3. The summed E-state index contributed by atoms with van der Waals surface area (Å²) in [5.41, 5.74) is 0.724. The van der Waals surface area contributed by atoms with Crippen LogP contribution in [0.2, 0.25) is 0 Å². The fourth-order valence-corrected chi connectivity index (χ4v) is 3.89. The van der Waals surface area contributed by atoms with Crippen molar-refractivity contribution in [2.75, 3.05) is 0 Å². The molecule has 1 atom stereocenters. The Balaban J connectivity index is 1.57. The fourth-order valence-electron chi connectivity index (χ4n) is 3.89. The molecule has 0 bridgehead atoms. The quantitative estimate of drug-likeness (QED) is 0.443. The Kier molecular flexibility index (Phi) is 4.18. The predicted molar refractivity (Wildman–Crippen MR) is 109 cm³/mol. The van der Waals surface area contributed by atoms with Gasteiger partial charge in [-0.1, -0.05) is 24.3 Å². The maximum atomic E-state index is 13.6. The van der Waals surface area contributed by atoms with E-state index in [9.17, 15) is 19.1 Å². The van der Waals surface area contributed by atoms with Gasteiger partial charge in [-0.2, -0.15) is 0 Å². The number of aromatic hydroxyl groups is 1. The van der Waals surface area contributed by atoms with Crippen LogP contribution >= 0.6 is 0 Å². The molecule has 1 saturated heterocycles. The van der Waals surface area contributed by atoms with Crippen LogP contribution in [0.25, 0.3) is 21.9 Å². The summed E-state index contributed by atoms with van der Waals surface area (Å²) in [4.78, 5) is 32.9. The van der Waals surface area contributed by atoms with E-state index in [-0.39, 0.29) is 12.4 Å². The Hall–Kier alpha value is -4.27. The average Bonchev–Trinajstić information content (AvgIpc) is 3.24. The van der Waals surface area contributed by atoms with Gasteiger partial charge in [0.25, 0.3) is 5.91 Å². The van der Waals surface area contributed by atoms with Crippen LogP contribution in [0.4, 0.5) is 9.18 Å². The minimum absolute atomic E-state index is 0.0828. The molecular formula is C22H16FN5O3. The monoisotopic (exact) mass is 417 g/mol. The van der Waals surface area contributed by atoms with Crippen molar-refractivity contribution in [1.82, 2.24) is 25.2 Å². The lowest BCUT2D eigenvalue weighted by Crippen LogP contribution is -2.47. The SMILES string of the molecule is O=C1NC(=O)[C@](Cn2cc3ccc(F)cc3c2O)(c2ccc(-c3cncnc3)cc2)N1. The molecule has 1 fully saturated rings. The number of hydrogen-bond acceptors (Lipinski definition) is 5. The number of aromatic nitrogens is 3. The van der Waals surface area contributed by atoms with Crippen molar-refractivity contribution in [1.29, 1.82) is 0 Å². The number of hydrogen-bond donors (Lipinski definition) is 3.